The van der Waals surface area contributed by atoms with Crippen LogP contribution in [-0.4, -0.2) is 17.9 Å². The van der Waals surface area contributed by atoms with Crippen LogP contribution < -0.4 is 4.90 Å². The van der Waals surface area contributed by atoms with E-state index in [0.717, 1.165) is 15.7 Å². The lowest BCUT2D eigenvalue weighted by molar-refractivity contribution is 0.0993. The number of benzene rings is 1. The summed E-state index contributed by atoms with van der Waals surface area (Å²) in [6.07, 6.45) is 3.31. The molecule has 0 atom stereocenters. The first-order chi connectivity index (χ1) is 9.00. The summed E-state index contributed by atoms with van der Waals surface area (Å²) in [5, 5.41) is 0.530. The van der Waals surface area contributed by atoms with Crippen LogP contribution >= 0.6 is 27.5 Å². The van der Waals surface area contributed by atoms with Crippen molar-refractivity contribution in [2.45, 2.75) is 6.92 Å². The third kappa shape index (κ3) is 2.96. The van der Waals surface area contributed by atoms with Crippen molar-refractivity contribution in [3.05, 3.63) is 57.3 Å². The molecular weight excluding hydrogens is 328 g/mol. The molecule has 1 heterocycles. The molecule has 0 aliphatic rings. The molecule has 0 saturated carbocycles. The number of anilines is 1. The van der Waals surface area contributed by atoms with E-state index in [-0.39, 0.29) is 5.91 Å². The minimum atomic E-state index is -0.120. The fourth-order valence-corrected chi connectivity index (χ4v) is 2.21. The third-order valence-electron chi connectivity index (χ3n) is 2.79. The first-order valence-corrected chi connectivity index (χ1v) is 6.81. The monoisotopic (exact) mass is 338 g/mol. The first kappa shape index (κ1) is 14.0. The zero-order valence-electron chi connectivity index (χ0n) is 10.5. The fraction of sp³-hybridized carbons (Fsp3) is 0.143. The van der Waals surface area contributed by atoms with E-state index in [0.29, 0.717) is 10.6 Å². The van der Waals surface area contributed by atoms with Crippen LogP contribution in [0.1, 0.15) is 15.9 Å². The van der Waals surface area contributed by atoms with E-state index in [4.69, 9.17) is 11.6 Å². The van der Waals surface area contributed by atoms with Crippen LogP contribution in [0.4, 0.5) is 5.69 Å². The molecule has 0 aliphatic heterocycles. The van der Waals surface area contributed by atoms with Gasteiger partial charge >= 0.3 is 0 Å². The van der Waals surface area contributed by atoms with Crippen molar-refractivity contribution < 1.29 is 4.79 Å². The van der Waals surface area contributed by atoms with E-state index in [2.05, 4.69) is 20.9 Å². The largest absolute Gasteiger partial charge is 0.310 e. The Bertz CT molecular complexity index is 593. The Hall–Kier alpha value is -1.39. The minimum Gasteiger partial charge on any atom is -0.310 e. The van der Waals surface area contributed by atoms with Crippen LogP contribution in [0.5, 0.6) is 0 Å². The molecule has 0 aliphatic carbocycles. The Balaban J connectivity index is 2.35. The van der Waals surface area contributed by atoms with Crippen molar-refractivity contribution in [1.29, 1.82) is 0 Å². The molecule has 0 radical (unpaired) electrons. The highest BCUT2D eigenvalue weighted by Gasteiger charge is 2.15. The maximum Gasteiger partial charge on any atom is 0.258 e. The SMILES string of the molecule is Cc1cc(C(=O)N(C)c2cccnc2)cc(Cl)c1Br. The summed E-state index contributed by atoms with van der Waals surface area (Å²) in [6.45, 7) is 1.90. The highest BCUT2D eigenvalue weighted by atomic mass is 79.9. The number of hydrogen-bond acceptors (Lipinski definition) is 2. The van der Waals surface area contributed by atoms with Gasteiger partial charge < -0.3 is 4.90 Å². The van der Waals surface area contributed by atoms with E-state index in [9.17, 15) is 4.79 Å². The summed E-state index contributed by atoms with van der Waals surface area (Å²) in [5.41, 5.74) is 2.22. The van der Waals surface area contributed by atoms with Gasteiger partial charge in [-0.3, -0.25) is 9.78 Å². The Morgan fingerprint density at radius 2 is 2.16 bits per heavy atom. The third-order valence-corrected chi connectivity index (χ3v) is 4.37. The van der Waals surface area contributed by atoms with Crippen LogP contribution in [0.3, 0.4) is 0 Å². The molecule has 1 aromatic heterocycles. The van der Waals surface area contributed by atoms with Crippen molar-refractivity contribution in [1.82, 2.24) is 4.98 Å². The maximum atomic E-state index is 12.4. The van der Waals surface area contributed by atoms with Gasteiger partial charge in [-0.1, -0.05) is 11.6 Å². The predicted octanol–water partition coefficient (Wildman–Crippen LogP) is 4.08. The molecule has 0 saturated heterocycles. The molecule has 1 aromatic carbocycles. The van der Waals surface area contributed by atoms with Gasteiger partial charge in [-0.15, -0.1) is 0 Å². The molecule has 1 amide bonds. The number of rotatable bonds is 2. The highest BCUT2D eigenvalue weighted by molar-refractivity contribution is 9.10. The summed E-state index contributed by atoms with van der Waals surface area (Å²) in [4.78, 5) is 17.9. The van der Waals surface area contributed by atoms with Crippen molar-refractivity contribution in [2.24, 2.45) is 0 Å². The first-order valence-electron chi connectivity index (χ1n) is 5.64. The summed E-state index contributed by atoms with van der Waals surface area (Å²) < 4.78 is 0.815. The van der Waals surface area contributed by atoms with Crippen molar-refractivity contribution in [3.63, 3.8) is 0 Å². The lowest BCUT2D eigenvalue weighted by Crippen LogP contribution is -2.26. The van der Waals surface area contributed by atoms with Gasteiger partial charge in [0.1, 0.15) is 0 Å². The maximum absolute atomic E-state index is 12.4. The van der Waals surface area contributed by atoms with Crippen molar-refractivity contribution >= 4 is 39.1 Å². The van der Waals surface area contributed by atoms with E-state index in [1.807, 2.05) is 19.1 Å². The average Bonchev–Trinajstić information content (AvgIpc) is 2.43. The minimum absolute atomic E-state index is 0.120. The fourth-order valence-electron chi connectivity index (χ4n) is 1.71. The zero-order valence-corrected chi connectivity index (χ0v) is 12.9. The van der Waals surface area contributed by atoms with E-state index >= 15 is 0 Å². The molecular formula is C14H12BrClN2O. The Kier molecular flexibility index (Phi) is 4.22. The Morgan fingerprint density at radius 1 is 1.42 bits per heavy atom. The second kappa shape index (κ2) is 5.72. The predicted molar refractivity (Wildman–Crippen MR) is 80.9 cm³/mol. The van der Waals surface area contributed by atoms with Gasteiger partial charge in [0.05, 0.1) is 16.9 Å². The normalized spacial score (nSPS) is 10.3. The van der Waals surface area contributed by atoms with Crippen LogP contribution in [-0.2, 0) is 0 Å². The molecule has 2 rings (SSSR count). The summed E-state index contributed by atoms with van der Waals surface area (Å²) in [5.74, 6) is -0.120. The Labute approximate surface area is 125 Å². The summed E-state index contributed by atoms with van der Waals surface area (Å²) in [7, 11) is 1.71. The van der Waals surface area contributed by atoms with Gasteiger partial charge in [-0.25, -0.2) is 0 Å². The lowest BCUT2D eigenvalue weighted by Gasteiger charge is -2.17. The van der Waals surface area contributed by atoms with E-state index < -0.39 is 0 Å². The molecule has 5 heteroatoms. The number of pyridine rings is 1. The number of carbonyl (C=O) groups is 1. The van der Waals surface area contributed by atoms with Crippen LogP contribution in [0, 0.1) is 6.92 Å². The number of aromatic nitrogens is 1. The molecule has 0 unspecified atom stereocenters. The van der Waals surface area contributed by atoms with Gasteiger partial charge in [0.15, 0.2) is 0 Å². The second-order valence-electron chi connectivity index (χ2n) is 4.16. The summed E-state index contributed by atoms with van der Waals surface area (Å²) >= 11 is 9.46. The van der Waals surface area contributed by atoms with E-state index in [1.54, 1.807) is 36.5 Å². The number of halogens is 2. The number of aryl methyl sites for hydroxylation is 1. The Morgan fingerprint density at radius 3 is 2.74 bits per heavy atom. The molecule has 0 N–H and O–H groups in total. The number of amides is 1. The second-order valence-corrected chi connectivity index (χ2v) is 5.36. The number of hydrogen-bond donors (Lipinski definition) is 0. The number of carbonyl (C=O) groups excluding carboxylic acids is 1. The smallest absolute Gasteiger partial charge is 0.258 e. The topological polar surface area (TPSA) is 33.2 Å². The molecule has 98 valence electrons. The van der Waals surface area contributed by atoms with Gasteiger partial charge in [0.2, 0.25) is 0 Å². The zero-order chi connectivity index (χ0) is 14.0. The van der Waals surface area contributed by atoms with Crippen molar-refractivity contribution in [2.75, 3.05) is 11.9 Å². The molecule has 2 aromatic rings. The quantitative estimate of drug-likeness (QED) is 0.826. The highest BCUT2D eigenvalue weighted by Crippen LogP contribution is 2.28. The van der Waals surface area contributed by atoms with E-state index in [1.165, 1.54) is 0 Å². The van der Waals surface area contributed by atoms with Gasteiger partial charge in [-0.2, -0.15) is 0 Å². The van der Waals surface area contributed by atoms with Crippen molar-refractivity contribution in [3.8, 4) is 0 Å². The van der Waals surface area contributed by atoms with Crippen LogP contribution in [0.25, 0.3) is 0 Å². The lowest BCUT2D eigenvalue weighted by atomic mass is 10.1. The van der Waals surface area contributed by atoms with Gasteiger partial charge in [-0.05, 0) is 52.7 Å². The van der Waals surface area contributed by atoms with Gasteiger partial charge in [0.25, 0.3) is 5.91 Å². The number of nitrogens with zero attached hydrogens (tertiary/aromatic N) is 2. The van der Waals surface area contributed by atoms with Crippen LogP contribution in [0.15, 0.2) is 41.1 Å². The average molecular weight is 340 g/mol. The van der Waals surface area contributed by atoms with Gasteiger partial charge in [0, 0.05) is 23.3 Å². The molecule has 0 fully saturated rings. The van der Waals surface area contributed by atoms with Crippen LogP contribution in [0.2, 0.25) is 5.02 Å². The molecule has 19 heavy (non-hydrogen) atoms. The standard InChI is InChI=1S/C14H12BrClN2O/c1-9-6-10(7-12(16)13(9)15)14(19)18(2)11-4-3-5-17-8-11/h3-8H,1-2H3. The molecule has 3 nitrogen and oxygen atoms in total. The molecule has 0 spiro atoms. The summed E-state index contributed by atoms with van der Waals surface area (Å²) in [6, 6.07) is 7.09. The molecule has 0 bridgehead atoms.